The van der Waals surface area contributed by atoms with Gasteiger partial charge in [0.15, 0.2) is 0 Å². The maximum Gasteiger partial charge on any atom is 0.373 e. The zero-order chi connectivity index (χ0) is 18.8. The van der Waals surface area contributed by atoms with Gasteiger partial charge >= 0.3 is 11.6 Å². The number of hydrogen-bond acceptors (Lipinski definition) is 0. The molecule has 0 radical (unpaired) electrons. The number of aryl methyl sites for hydroxylation is 4. The summed E-state index contributed by atoms with van der Waals surface area (Å²) in [5.41, 5.74) is 0. The molecule has 0 saturated carbocycles. The van der Waals surface area contributed by atoms with E-state index in [-0.39, 0.29) is 0 Å². The number of nitrogens with zero attached hydrogens (tertiary/aromatic N) is 4. The van der Waals surface area contributed by atoms with Crippen LogP contribution in [0, 0.1) is 0 Å². The van der Waals surface area contributed by atoms with Crippen LogP contribution in [0.5, 0.6) is 0 Å². The summed E-state index contributed by atoms with van der Waals surface area (Å²) in [6, 6.07) is 0. The van der Waals surface area contributed by atoms with E-state index in [2.05, 4.69) is 70.8 Å². The summed E-state index contributed by atoms with van der Waals surface area (Å²) in [6.07, 6.45) is 19.1. The molecule has 2 heterocycles. The molecule has 4 heteroatoms. The van der Waals surface area contributed by atoms with Crippen LogP contribution in [0.3, 0.4) is 0 Å². The van der Waals surface area contributed by atoms with Crippen LogP contribution in [0.15, 0.2) is 24.8 Å². The van der Waals surface area contributed by atoms with E-state index >= 15 is 0 Å². The summed E-state index contributed by atoms with van der Waals surface area (Å²) in [5.74, 6) is 2.79. The smallest absolute Gasteiger partial charge is 0.223 e. The van der Waals surface area contributed by atoms with Gasteiger partial charge in [0.05, 0.1) is 26.2 Å². The molecule has 0 aliphatic heterocycles. The third-order valence-electron chi connectivity index (χ3n) is 5.15. The highest BCUT2D eigenvalue weighted by atomic mass is 15.2. The van der Waals surface area contributed by atoms with Crippen molar-refractivity contribution in [3.63, 3.8) is 0 Å². The van der Waals surface area contributed by atoms with Crippen LogP contribution in [-0.4, -0.2) is 9.13 Å². The standard InChI is InChI=1S/C22H40N4/c1-5-9-13-23-17-18-24(14-10-6-2)21(23)22-25(15-11-7-3)19-20-26(22)16-12-8-4/h17-20H,5-16H2,1-4H3/q+2. The quantitative estimate of drug-likeness (QED) is 0.460. The second kappa shape index (κ2) is 11.2. The van der Waals surface area contributed by atoms with E-state index < -0.39 is 0 Å². The van der Waals surface area contributed by atoms with Crippen LogP contribution in [0.4, 0.5) is 0 Å². The number of hydrogen-bond donors (Lipinski definition) is 0. The Balaban J connectivity index is 2.47. The molecule has 26 heavy (non-hydrogen) atoms. The molecule has 0 aliphatic carbocycles. The Morgan fingerprint density at radius 2 is 1.00 bits per heavy atom. The van der Waals surface area contributed by atoms with E-state index in [0.29, 0.717) is 0 Å². The molecule has 0 amide bonds. The fourth-order valence-corrected chi connectivity index (χ4v) is 3.48. The first kappa shape index (κ1) is 20.7. The van der Waals surface area contributed by atoms with E-state index in [9.17, 15) is 0 Å². The van der Waals surface area contributed by atoms with Crippen LogP contribution < -0.4 is 9.13 Å². The average Bonchev–Trinajstić information content (AvgIpc) is 3.23. The van der Waals surface area contributed by atoms with E-state index in [4.69, 9.17) is 0 Å². The summed E-state index contributed by atoms with van der Waals surface area (Å²) in [4.78, 5) is 0. The summed E-state index contributed by atoms with van der Waals surface area (Å²) in [5, 5.41) is 0. The van der Waals surface area contributed by atoms with Crippen molar-refractivity contribution in [1.82, 2.24) is 9.13 Å². The highest BCUT2D eigenvalue weighted by molar-refractivity contribution is 5.36. The van der Waals surface area contributed by atoms with Crippen molar-refractivity contribution < 1.29 is 9.13 Å². The molecule has 0 fully saturated rings. The zero-order valence-electron chi connectivity index (χ0n) is 17.6. The second-order valence-corrected chi connectivity index (χ2v) is 7.43. The summed E-state index contributed by atoms with van der Waals surface area (Å²) in [7, 11) is 0. The van der Waals surface area contributed by atoms with Gasteiger partial charge in [0.1, 0.15) is 24.8 Å². The predicted molar refractivity (Wildman–Crippen MR) is 108 cm³/mol. The molecule has 0 aliphatic rings. The van der Waals surface area contributed by atoms with Gasteiger partial charge in [-0.1, -0.05) is 53.4 Å². The first-order valence-electron chi connectivity index (χ1n) is 10.9. The van der Waals surface area contributed by atoms with Crippen molar-refractivity contribution in [2.24, 2.45) is 0 Å². The number of rotatable bonds is 13. The molecule has 2 rings (SSSR count). The Hall–Kier alpha value is -1.58. The van der Waals surface area contributed by atoms with E-state index in [1.807, 2.05) is 0 Å². The van der Waals surface area contributed by atoms with Gasteiger partial charge in [-0.3, -0.25) is 0 Å². The topological polar surface area (TPSA) is 17.6 Å². The third kappa shape index (κ3) is 5.21. The Bertz CT molecular complexity index is 531. The Labute approximate surface area is 160 Å². The van der Waals surface area contributed by atoms with Crippen molar-refractivity contribution in [3.05, 3.63) is 24.8 Å². The Kier molecular flexibility index (Phi) is 8.93. The molecule has 146 valence electrons. The fourth-order valence-electron chi connectivity index (χ4n) is 3.48. The van der Waals surface area contributed by atoms with Crippen LogP contribution in [-0.2, 0) is 26.2 Å². The summed E-state index contributed by atoms with van der Waals surface area (Å²) in [6.45, 7) is 13.5. The largest absolute Gasteiger partial charge is 0.373 e. The molecule has 0 spiro atoms. The zero-order valence-corrected chi connectivity index (χ0v) is 17.6. The highest BCUT2D eigenvalue weighted by Gasteiger charge is 2.32. The molecule has 0 N–H and O–H groups in total. The minimum Gasteiger partial charge on any atom is -0.223 e. The molecule has 2 aromatic rings. The lowest BCUT2D eigenvalue weighted by molar-refractivity contribution is -0.715. The minimum absolute atomic E-state index is 1.11. The molecule has 0 saturated heterocycles. The second-order valence-electron chi connectivity index (χ2n) is 7.43. The lowest BCUT2D eigenvalue weighted by atomic mass is 10.3. The monoisotopic (exact) mass is 360 g/mol. The van der Waals surface area contributed by atoms with Crippen molar-refractivity contribution in [2.75, 3.05) is 0 Å². The molecular formula is C22H40N4+2. The van der Waals surface area contributed by atoms with Gasteiger partial charge in [-0.2, -0.15) is 0 Å². The minimum atomic E-state index is 1.11. The third-order valence-corrected chi connectivity index (χ3v) is 5.15. The van der Waals surface area contributed by atoms with Gasteiger partial charge in [-0.05, 0) is 25.7 Å². The molecule has 0 aromatic carbocycles. The average molecular weight is 361 g/mol. The first-order chi connectivity index (χ1) is 12.8. The molecule has 0 atom stereocenters. The SMILES string of the molecule is CCCCn1cc[n+](CCCC)c1-c1n(CCCC)cc[n+]1CCCC. The number of unbranched alkanes of at least 4 members (excludes halogenated alkanes) is 4. The maximum atomic E-state index is 2.49. The lowest BCUT2D eigenvalue weighted by Crippen LogP contribution is -2.43. The Morgan fingerprint density at radius 3 is 1.35 bits per heavy atom. The normalized spacial score (nSPS) is 11.4. The fraction of sp³-hybridized carbons (Fsp3) is 0.727. The van der Waals surface area contributed by atoms with Gasteiger partial charge in [-0.25, -0.2) is 18.3 Å². The molecule has 4 nitrogen and oxygen atoms in total. The van der Waals surface area contributed by atoms with E-state index in [1.165, 1.54) is 63.0 Å². The molecule has 0 bridgehead atoms. The van der Waals surface area contributed by atoms with Gasteiger partial charge in [0, 0.05) is 0 Å². The predicted octanol–water partition coefficient (Wildman–Crippen LogP) is 4.73. The van der Waals surface area contributed by atoms with Crippen LogP contribution in [0.1, 0.15) is 79.1 Å². The molecular weight excluding hydrogens is 320 g/mol. The van der Waals surface area contributed by atoms with E-state index in [1.54, 1.807) is 0 Å². The summed E-state index contributed by atoms with van der Waals surface area (Å²) >= 11 is 0. The number of aromatic nitrogens is 4. The van der Waals surface area contributed by atoms with Crippen LogP contribution in [0.25, 0.3) is 11.6 Å². The Morgan fingerprint density at radius 1 is 0.615 bits per heavy atom. The van der Waals surface area contributed by atoms with Gasteiger partial charge in [0.25, 0.3) is 0 Å². The van der Waals surface area contributed by atoms with Crippen molar-refractivity contribution in [1.29, 1.82) is 0 Å². The van der Waals surface area contributed by atoms with Gasteiger partial charge in [-0.15, -0.1) is 0 Å². The first-order valence-corrected chi connectivity index (χ1v) is 10.9. The summed E-state index contributed by atoms with van der Waals surface area (Å²) < 4.78 is 9.94. The van der Waals surface area contributed by atoms with Gasteiger partial charge in [0.2, 0.25) is 0 Å². The van der Waals surface area contributed by atoms with Crippen LogP contribution >= 0.6 is 0 Å². The lowest BCUT2D eigenvalue weighted by Gasteiger charge is -2.07. The maximum absolute atomic E-state index is 2.49. The number of imidazole rings is 2. The molecule has 0 unspecified atom stereocenters. The highest BCUT2D eigenvalue weighted by Crippen LogP contribution is 2.16. The van der Waals surface area contributed by atoms with Crippen molar-refractivity contribution in [2.45, 2.75) is 105 Å². The van der Waals surface area contributed by atoms with Crippen LogP contribution in [0.2, 0.25) is 0 Å². The van der Waals surface area contributed by atoms with Gasteiger partial charge < -0.3 is 0 Å². The van der Waals surface area contributed by atoms with Crippen molar-refractivity contribution >= 4 is 0 Å². The van der Waals surface area contributed by atoms with Crippen molar-refractivity contribution in [3.8, 4) is 11.6 Å². The molecule has 2 aromatic heterocycles. The van der Waals surface area contributed by atoms with E-state index in [0.717, 1.165) is 26.2 Å².